The topological polar surface area (TPSA) is 96.0 Å². The summed E-state index contributed by atoms with van der Waals surface area (Å²) in [4.78, 5) is 27.8. The predicted octanol–water partition coefficient (Wildman–Crippen LogP) is 4.49. The van der Waals surface area contributed by atoms with E-state index >= 15 is 0 Å². The number of halogens is 2. The molecule has 0 saturated heterocycles. The Morgan fingerprint density at radius 2 is 1.69 bits per heavy atom. The Bertz CT molecular complexity index is 1160. The van der Waals surface area contributed by atoms with Gasteiger partial charge < -0.3 is 15.0 Å². The highest BCUT2D eigenvalue weighted by Crippen LogP contribution is 2.25. The fourth-order valence-corrected chi connectivity index (χ4v) is 4.69. The molecule has 2 aromatic rings. The second kappa shape index (κ2) is 13.2. The van der Waals surface area contributed by atoms with Crippen molar-refractivity contribution in [1.82, 2.24) is 10.2 Å². The molecule has 0 heterocycles. The molecule has 0 aliphatic carbocycles. The van der Waals surface area contributed by atoms with Gasteiger partial charge in [0, 0.05) is 22.6 Å². The highest BCUT2D eigenvalue weighted by molar-refractivity contribution is 7.92. The number of carbonyl (C=O) groups excluding carboxylic acids is 2. The van der Waals surface area contributed by atoms with Gasteiger partial charge in [-0.2, -0.15) is 0 Å². The van der Waals surface area contributed by atoms with E-state index in [1.807, 2.05) is 20.8 Å². The Kier molecular flexibility index (Phi) is 10.9. The highest BCUT2D eigenvalue weighted by atomic mass is 35.5. The molecule has 0 unspecified atom stereocenters. The Morgan fingerprint density at radius 1 is 1.06 bits per heavy atom. The summed E-state index contributed by atoms with van der Waals surface area (Å²) in [5.74, 6) is -0.336. The lowest BCUT2D eigenvalue weighted by molar-refractivity contribution is -0.139. The minimum atomic E-state index is -3.83. The van der Waals surface area contributed by atoms with Crippen molar-refractivity contribution in [2.24, 2.45) is 0 Å². The van der Waals surface area contributed by atoms with Crippen LogP contribution in [-0.2, 0) is 26.2 Å². The number of carbonyl (C=O) groups is 2. The predicted molar refractivity (Wildman–Crippen MR) is 144 cm³/mol. The summed E-state index contributed by atoms with van der Waals surface area (Å²) in [6.07, 6.45) is 1.74. The van der Waals surface area contributed by atoms with Crippen LogP contribution in [0.4, 0.5) is 5.69 Å². The van der Waals surface area contributed by atoms with Crippen molar-refractivity contribution in [1.29, 1.82) is 0 Å². The average molecular weight is 559 g/mol. The Labute approximate surface area is 223 Å². The van der Waals surface area contributed by atoms with Crippen LogP contribution in [0.1, 0.15) is 39.7 Å². The van der Waals surface area contributed by atoms with Crippen LogP contribution in [0.15, 0.2) is 42.5 Å². The molecule has 2 rings (SSSR count). The van der Waals surface area contributed by atoms with Crippen LogP contribution in [0.2, 0.25) is 10.0 Å². The van der Waals surface area contributed by atoms with Gasteiger partial charge in [0.25, 0.3) is 0 Å². The number of amides is 2. The number of anilines is 1. The number of ether oxygens (including phenoxy) is 1. The van der Waals surface area contributed by atoms with Crippen molar-refractivity contribution in [2.75, 3.05) is 23.7 Å². The third-order valence-electron chi connectivity index (χ3n) is 5.64. The van der Waals surface area contributed by atoms with E-state index in [4.69, 9.17) is 27.9 Å². The smallest absolute Gasteiger partial charge is 0.244 e. The molecule has 0 fully saturated rings. The third kappa shape index (κ3) is 8.28. The molecule has 0 aliphatic heterocycles. The summed E-state index contributed by atoms with van der Waals surface area (Å²) in [6, 6.07) is 10.3. The fourth-order valence-electron chi connectivity index (χ4n) is 3.37. The van der Waals surface area contributed by atoms with Crippen LogP contribution in [0.25, 0.3) is 0 Å². The first-order valence-corrected chi connectivity index (χ1v) is 14.2. The Morgan fingerprint density at radius 3 is 2.22 bits per heavy atom. The fraction of sp³-hybridized carbons (Fsp3) is 0.440. The second-order valence-corrected chi connectivity index (χ2v) is 11.2. The molecule has 2 atom stereocenters. The second-order valence-electron chi connectivity index (χ2n) is 8.45. The Hall–Kier alpha value is -2.49. The van der Waals surface area contributed by atoms with Gasteiger partial charge in [-0.05, 0) is 69.2 Å². The van der Waals surface area contributed by atoms with E-state index in [0.717, 1.165) is 17.0 Å². The van der Waals surface area contributed by atoms with E-state index in [1.54, 1.807) is 49.4 Å². The van der Waals surface area contributed by atoms with Crippen LogP contribution >= 0.6 is 23.2 Å². The molecule has 0 bridgehead atoms. The first-order chi connectivity index (χ1) is 16.9. The molecule has 0 spiro atoms. The number of rotatable bonds is 12. The molecule has 8 nitrogen and oxygen atoms in total. The van der Waals surface area contributed by atoms with Crippen LogP contribution < -0.4 is 14.4 Å². The van der Waals surface area contributed by atoms with Crippen molar-refractivity contribution in [3.05, 3.63) is 58.1 Å². The monoisotopic (exact) mass is 557 g/mol. The van der Waals surface area contributed by atoms with Gasteiger partial charge in [0.05, 0.1) is 18.6 Å². The SMILES string of the molecule is CCOc1ccc(N(CC(=O)N(Cc2ccc(Cl)cc2Cl)[C@@H](C)C(=O)N[C@H](C)CC)S(C)(=O)=O)cc1. The van der Waals surface area contributed by atoms with E-state index < -0.39 is 28.5 Å². The van der Waals surface area contributed by atoms with E-state index in [9.17, 15) is 18.0 Å². The van der Waals surface area contributed by atoms with Gasteiger partial charge in [-0.3, -0.25) is 13.9 Å². The molecule has 0 radical (unpaired) electrons. The van der Waals surface area contributed by atoms with E-state index in [-0.39, 0.29) is 18.5 Å². The zero-order valence-electron chi connectivity index (χ0n) is 21.1. The van der Waals surface area contributed by atoms with Crippen molar-refractivity contribution in [3.63, 3.8) is 0 Å². The van der Waals surface area contributed by atoms with Crippen molar-refractivity contribution >= 4 is 50.7 Å². The number of sulfonamides is 1. The lowest BCUT2D eigenvalue weighted by Gasteiger charge is -2.32. The standard InChI is InChI=1S/C25H33Cl2N3O5S/c1-6-17(3)28-25(32)18(4)29(15-19-8-9-20(26)14-23(19)27)24(31)16-30(36(5,33)34)21-10-12-22(13-11-21)35-7-2/h8-14,17-18H,6-7,15-16H2,1-5H3,(H,28,32)/t17-,18+/m1/s1. The maximum Gasteiger partial charge on any atom is 0.244 e. The van der Waals surface area contributed by atoms with E-state index in [2.05, 4.69) is 5.32 Å². The molecule has 36 heavy (non-hydrogen) atoms. The molecule has 2 aromatic carbocycles. The van der Waals surface area contributed by atoms with Gasteiger partial charge in [-0.25, -0.2) is 8.42 Å². The van der Waals surface area contributed by atoms with Gasteiger partial charge in [-0.1, -0.05) is 36.2 Å². The summed E-state index contributed by atoms with van der Waals surface area (Å²) in [6.45, 7) is 7.20. The summed E-state index contributed by atoms with van der Waals surface area (Å²) in [5.41, 5.74) is 0.875. The largest absolute Gasteiger partial charge is 0.494 e. The maximum absolute atomic E-state index is 13.6. The van der Waals surface area contributed by atoms with Gasteiger partial charge in [-0.15, -0.1) is 0 Å². The minimum absolute atomic E-state index is 0.00912. The first-order valence-electron chi connectivity index (χ1n) is 11.6. The molecular weight excluding hydrogens is 525 g/mol. The highest BCUT2D eigenvalue weighted by Gasteiger charge is 2.30. The third-order valence-corrected chi connectivity index (χ3v) is 7.37. The van der Waals surface area contributed by atoms with Crippen molar-refractivity contribution < 1.29 is 22.7 Å². The van der Waals surface area contributed by atoms with Gasteiger partial charge in [0.2, 0.25) is 21.8 Å². The lowest BCUT2D eigenvalue weighted by Crippen LogP contribution is -2.52. The molecule has 0 saturated carbocycles. The molecule has 0 aromatic heterocycles. The summed E-state index contributed by atoms with van der Waals surface area (Å²) < 4.78 is 31.7. The van der Waals surface area contributed by atoms with Crippen LogP contribution in [-0.4, -0.2) is 56.6 Å². The van der Waals surface area contributed by atoms with E-state index in [0.29, 0.717) is 33.7 Å². The quantitative estimate of drug-likeness (QED) is 0.414. The summed E-state index contributed by atoms with van der Waals surface area (Å²) >= 11 is 12.4. The number of hydrogen-bond acceptors (Lipinski definition) is 5. The first kappa shape index (κ1) is 29.7. The van der Waals surface area contributed by atoms with Gasteiger partial charge in [0.1, 0.15) is 18.3 Å². The summed E-state index contributed by atoms with van der Waals surface area (Å²) in [5, 5.41) is 3.64. The average Bonchev–Trinajstić information content (AvgIpc) is 2.81. The Balaban J connectivity index is 2.40. The molecule has 1 N–H and O–H groups in total. The number of nitrogens with one attached hydrogen (secondary N) is 1. The molecule has 198 valence electrons. The summed E-state index contributed by atoms with van der Waals surface area (Å²) in [7, 11) is -3.83. The molecular formula is C25H33Cl2N3O5S. The number of benzene rings is 2. The number of nitrogens with zero attached hydrogens (tertiary/aromatic N) is 2. The van der Waals surface area contributed by atoms with Crippen LogP contribution in [0.3, 0.4) is 0 Å². The van der Waals surface area contributed by atoms with Gasteiger partial charge >= 0.3 is 0 Å². The molecule has 0 aliphatic rings. The van der Waals surface area contributed by atoms with Crippen LogP contribution in [0.5, 0.6) is 5.75 Å². The minimum Gasteiger partial charge on any atom is -0.494 e. The zero-order chi connectivity index (χ0) is 27.0. The molecule has 2 amide bonds. The normalized spacial score (nSPS) is 13.0. The lowest BCUT2D eigenvalue weighted by atomic mass is 10.1. The zero-order valence-corrected chi connectivity index (χ0v) is 23.5. The number of hydrogen-bond donors (Lipinski definition) is 1. The van der Waals surface area contributed by atoms with Crippen molar-refractivity contribution in [3.8, 4) is 5.75 Å². The van der Waals surface area contributed by atoms with Gasteiger partial charge in [0.15, 0.2) is 0 Å². The van der Waals surface area contributed by atoms with Crippen molar-refractivity contribution in [2.45, 2.75) is 52.7 Å². The van der Waals surface area contributed by atoms with E-state index in [1.165, 1.54) is 4.90 Å². The molecule has 11 heteroatoms. The maximum atomic E-state index is 13.6. The van der Waals surface area contributed by atoms with Crippen LogP contribution in [0, 0.1) is 0 Å².